The van der Waals surface area contributed by atoms with Crippen LogP contribution in [-0.2, 0) is 11.2 Å². The molecule has 0 amide bonds. The Kier molecular flexibility index (Phi) is 6.60. The van der Waals surface area contributed by atoms with E-state index in [9.17, 15) is 9.90 Å². The van der Waals surface area contributed by atoms with Crippen LogP contribution in [0.25, 0.3) is 4.91 Å². The van der Waals surface area contributed by atoms with Crippen LogP contribution in [0.15, 0.2) is 95.3 Å². The molecule has 0 saturated heterocycles. The lowest BCUT2D eigenvalue weighted by molar-refractivity contribution is -0.133. The third-order valence-corrected chi connectivity index (χ3v) is 7.50. The quantitative estimate of drug-likeness (QED) is 0.376. The number of carboxylic acids is 1. The summed E-state index contributed by atoms with van der Waals surface area (Å²) in [6, 6.07) is 21.9. The van der Waals surface area contributed by atoms with Crippen LogP contribution >= 0.6 is 35.0 Å². The molecule has 5 rings (SSSR count). The van der Waals surface area contributed by atoms with Gasteiger partial charge in [0.05, 0.1) is 34.5 Å². The topological polar surface area (TPSA) is 62.1 Å². The number of nitrogens with zero attached hydrogens (tertiary/aromatic N) is 2. The lowest BCUT2D eigenvalue weighted by Gasteiger charge is -2.33. The molecule has 0 radical (unpaired) electrons. The van der Waals surface area contributed by atoms with E-state index in [1.54, 1.807) is 25.3 Å². The van der Waals surface area contributed by atoms with E-state index in [0.29, 0.717) is 38.6 Å². The van der Waals surface area contributed by atoms with Crippen molar-refractivity contribution in [3.05, 3.63) is 117 Å². The van der Waals surface area contributed by atoms with Gasteiger partial charge >= 0.3 is 5.97 Å². The summed E-state index contributed by atoms with van der Waals surface area (Å²) in [7, 11) is 1.60. The summed E-state index contributed by atoms with van der Waals surface area (Å²) in [6.07, 6.45) is 2.28. The Labute approximate surface area is 217 Å². The molecule has 176 valence electrons. The molecule has 0 fully saturated rings. The number of carboxylic acid groups (broad SMARTS) is 1. The fourth-order valence-electron chi connectivity index (χ4n) is 4.22. The van der Waals surface area contributed by atoms with Crippen molar-refractivity contribution in [2.24, 2.45) is 4.99 Å². The lowest BCUT2D eigenvalue weighted by Crippen LogP contribution is -2.34. The van der Waals surface area contributed by atoms with E-state index in [-0.39, 0.29) is 5.57 Å². The number of amidine groups is 1. The molecule has 0 aromatic heterocycles. The van der Waals surface area contributed by atoms with Gasteiger partial charge in [0.1, 0.15) is 5.75 Å². The molecular weight excluding hydrogens is 503 g/mol. The fraction of sp³-hybridized carbons (Fsp3) is 0.111. The van der Waals surface area contributed by atoms with E-state index >= 15 is 0 Å². The molecule has 35 heavy (non-hydrogen) atoms. The van der Waals surface area contributed by atoms with Crippen LogP contribution in [0.3, 0.4) is 0 Å². The van der Waals surface area contributed by atoms with Gasteiger partial charge in [-0.3, -0.25) is 0 Å². The molecule has 8 heteroatoms. The maximum absolute atomic E-state index is 12.7. The fourth-order valence-corrected chi connectivity index (χ4v) is 6.04. The zero-order valence-electron chi connectivity index (χ0n) is 18.6. The first-order chi connectivity index (χ1) is 17.0. The van der Waals surface area contributed by atoms with Gasteiger partial charge in [-0.2, -0.15) is 0 Å². The van der Waals surface area contributed by atoms with Crippen molar-refractivity contribution in [1.82, 2.24) is 4.90 Å². The van der Waals surface area contributed by atoms with Crippen LogP contribution in [0, 0.1) is 0 Å². The molecule has 3 aromatic carbocycles. The third kappa shape index (κ3) is 4.57. The zero-order chi connectivity index (χ0) is 24.5. The maximum Gasteiger partial charge on any atom is 0.335 e. The number of methoxy groups -OCH3 is 1. The van der Waals surface area contributed by atoms with E-state index in [1.807, 2.05) is 65.7 Å². The number of ether oxygens (including phenoxy) is 1. The van der Waals surface area contributed by atoms with Crippen LogP contribution in [0.2, 0.25) is 10.0 Å². The summed E-state index contributed by atoms with van der Waals surface area (Å²) in [5.74, 6) is -0.319. The standard InChI is InChI=1S/C27H20Cl2N2O3S/c1-34-18-12-10-17(11-13-18)25-24(26(32)33)21(14-16-6-3-2-4-7-16)30-27-31(25)15-22(35-27)23-19(28)8-5-9-20(23)29/h2-13,15,25H,14H2,1H3,(H,32,33). The third-order valence-electron chi connectivity index (χ3n) is 5.86. The molecular formula is C27H20Cl2N2O3S. The van der Waals surface area contributed by atoms with E-state index in [2.05, 4.69) is 0 Å². The number of thioether (sulfide) groups is 1. The monoisotopic (exact) mass is 522 g/mol. The number of fused-ring (bicyclic) bond motifs is 1. The second-order valence-corrected chi connectivity index (χ2v) is 9.82. The van der Waals surface area contributed by atoms with Gasteiger partial charge in [-0.15, -0.1) is 0 Å². The molecule has 2 heterocycles. The number of aliphatic imine (C=N–C) groups is 1. The van der Waals surface area contributed by atoms with Crippen molar-refractivity contribution in [2.45, 2.75) is 12.5 Å². The Morgan fingerprint density at radius 2 is 1.71 bits per heavy atom. The first kappa shape index (κ1) is 23.5. The summed E-state index contributed by atoms with van der Waals surface area (Å²) >= 11 is 14.4. The first-order valence-electron chi connectivity index (χ1n) is 10.8. The molecule has 1 N–H and O–H groups in total. The molecule has 2 aliphatic heterocycles. The Morgan fingerprint density at radius 3 is 2.34 bits per heavy atom. The van der Waals surface area contributed by atoms with Crippen LogP contribution in [0.1, 0.15) is 22.7 Å². The van der Waals surface area contributed by atoms with Gasteiger partial charge in [0, 0.05) is 23.1 Å². The van der Waals surface area contributed by atoms with Gasteiger partial charge in [-0.05, 0) is 47.2 Å². The highest BCUT2D eigenvalue weighted by atomic mass is 35.5. The molecule has 2 aliphatic rings. The van der Waals surface area contributed by atoms with Crippen molar-refractivity contribution >= 4 is 51.0 Å². The molecule has 0 bridgehead atoms. The van der Waals surface area contributed by atoms with Gasteiger partial charge in [0.2, 0.25) is 0 Å². The molecule has 5 nitrogen and oxygen atoms in total. The molecule has 0 saturated carbocycles. The summed E-state index contributed by atoms with van der Waals surface area (Å²) in [6.45, 7) is 0. The Morgan fingerprint density at radius 1 is 1.03 bits per heavy atom. The highest BCUT2D eigenvalue weighted by molar-refractivity contribution is 8.22. The number of benzene rings is 3. The highest BCUT2D eigenvalue weighted by Crippen LogP contribution is 2.49. The van der Waals surface area contributed by atoms with Crippen molar-refractivity contribution in [2.75, 3.05) is 7.11 Å². The second kappa shape index (κ2) is 9.82. The Hall–Kier alpha value is -3.19. The summed E-state index contributed by atoms with van der Waals surface area (Å²) in [4.78, 5) is 20.2. The Bertz CT molecular complexity index is 1370. The van der Waals surface area contributed by atoms with Crippen LogP contribution in [0.5, 0.6) is 5.75 Å². The smallest absolute Gasteiger partial charge is 0.335 e. The molecule has 3 aromatic rings. The number of halogens is 2. The predicted octanol–water partition coefficient (Wildman–Crippen LogP) is 7.04. The van der Waals surface area contributed by atoms with Crippen molar-refractivity contribution < 1.29 is 14.6 Å². The van der Waals surface area contributed by atoms with Gasteiger partial charge in [-0.25, -0.2) is 9.79 Å². The van der Waals surface area contributed by atoms with Crippen molar-refractivity contribution in [1.29, 1.82) is 0 Å². The Balaban J connectivity index is 1.66. The van der Waals surface area contributed by atoms with Crippen LogP contribution in [-0.4, -0.2) is 28.3 Å². The number of rotatable bonds is 6. The van der Waals surface area contributed by atoms with E-state index in [4.69, 9.17) is 32.9 Å². The van der Waals surface area contributed by atoms with Crippen LogP contribution in [0.4, 0.5) is 0 Å². The first-order valence-corrected chi connectivity index (χ1v) is 12.4. The van der Waals surface area contributed by atoms with E-state index in [1.165, 1.54) is 11.8 Å². The summed E-state index contributed by atoms with van der Waals surface area (Å²) < 4.78 is 5.31. The number of allylic oxidation sites excluding steroid dienone is 1. The molecule has 1 unspecified atom stereocenters. The van der Waals surface area contributed by atoms with Gasteiger partial charge in [-0.1, -0.05) is 71.7 Å². The van der Waals surface area contributed by atoms with E-state index < -0.39 is 12.0 Å². The second-order valence-electron chi connectivity index (χ2n) is 8.00. The molecule has 0 spiro atoms. The van der Waals surface area contributed by atoms with Crippen molar-refractivity contribution in [3.8, 4) is 5.75 Å². The molecule has 1 atom stereocenters. The summed E-state index contributed by atoms with van der Waals surface area (Å²) in [5, 5.41) is 12.1. The van der Waals surface area contributed by atoms with Gasteiger partial charge < -0.3 is 14.7 Å². The summed E-state index contributed by atoms with van der Waals surface area (Å²) in [5.41, 5.74) is 3.24. The largest absolute Gasteiger partial charge is 0.497 e. The SMILES string of the molecule is COc1ccc(C2C(C(=O)O)=C(Cc3ccccc3)N=C3SC(c4c(Cl)cccc4Cl)=CN32)cc1. The number of aliphatic carboxylic acids is 1. The van der Waals surface area contributed by atoms with E-state index in [0.717, 1.165) is 16.0 Å². The highest BCUT2D eigenvalue weighted by Gasteiger charge is 2.40. The van der Waals surface area contributed by atoms with Crippen molar-refractivity contribution in [3.63, 3.8) is 0 Å². The zero-order valence-corrected chi connectivity index (χ0v) is 20.9. The number of carbonyl (C=O) groups is 1. The van der Waals surface area contributed by atoms with Crippen LogP contribution < -0.4 is 4.74 Å². The number of hydrogen-bond acceptors (Lipinski definition) is 5. The predicted molar refractivity (Wildman–Crippen MR) is 142 cm³/mol. The molecule has 0 aliphatic carbocycles. The lowest BCUT2D eigenvalue weighted by atomic mass is 9.92. The average Bonchev–Trinajstić information content (AvgIpc) is 3.27. The minimum atomic E-state index is -1.01. The normalized spacial score (nSPS) is 17.1. The van der Waals surface area contributed by atoms with Gasteiger partial charge in [0.25, 0.3) is 0 Å². The average molecular weight is 523 g/mol. The minimum absolute atomic E-state index is 0.228. The minimum Gasteiger partial charge on any atom is -0.497 e. The van der Waals surface area contributed by atoms with Gasteiger partial charge in [0.15, 0.2) is 5.17 Å². The maximum atomic E-state index is 12.7. The number of hydrogen-bond donors (Lipinski definition) is 1.